The topological polar surface area (TPSA) is 49.3 Å². The first-order chi connectivity index (χ1) is 9.37. The Balaban J connectivity index is 2.72. The molecule has 0 heterocycles. The number of benzene rings is 1. The van der Waals surface area contributed by atoms with Crippen LogP contribution in [0.15, 0.2) is 30.3 Å². The first-order valence-electron chi connectivity index (χ1n) is 6.91. The Bertz CT molecular complexity index is 418. The van der Waals surface area contributed by atoms with Gasteiger partial charge in [0.05, 0.1) is 11.5 Å². The molecule has 4 heteroatoms. The first-order valence-corrected chi connectivity index (χ1v) is 8.31. The van der Waals surface area contributed by atoms with Gasteiger partial charge in [-0.2, -0.15) is 11.8 Å². The summed E-state index contributed by atoms with van der Waals surface area (Å²) < 4.78 is 0. The fraction of sp³-hybridized carbons (Fsp3) is 0.562. The van der Waals surface area contributed by atoms with Crippen molar-refractivity contribution in [2.75, 3.05) is 18.6 Å². The van der Waals surface area contributed by atoms with Crippen molar-refractivity contribution < 1.29 is 9.90 Å². The first kappa shape index (κ1) is 17.1. The van der Waals surface area contributed by atoms with Gasteiger partial charge in [0.2, 0.25) is 5.91 Å². The summed E-state index contributed by atoms with van der Waals surface area (Å²) in [5.41, 5.74) is 0.150. The molecule has 2 N–H and O–H groups in total. The van der Waals surface area contributed by atoms with E-state index in [0.717, 1.165) is 5.56 Å². The number of carbonyl (C=O) groups excluding carboxylic acids is 1. The van der Waals surface area contributed by atoms with Crippen LogP contribution in [-0.2, 0) is 4.79 Å². The van der Waals surface area contributed by atoms with E-state index >= 15 is 0 Å². The summed E-state index contributed by atoms with van der Waals surface area (Å²) in [7, 11) is 0. The summed E-state index contributed by atoms with van der Waals surface area (Å²) in [6.45, 7) is 6.11. The smallest absolute Gasteiger partial charge is 0.227 e. The van der Waals surface area contributed by atoms with Gasteiger partial charge in [0.25, 0.3) is 0 Å². The van der Waals surface area contributed by atoms with E-state index in [9.17, 15) is 9.90 Å². The van der Waals surface area contributed by atoms with Crippen molar-refractivity contribution in [3.63, 3.8) is 0 Å². The minimum absolute atomic E-state index is 0.0208. The summed E-state index contributed by atoms with van der Waals surface area (Å²) in [6, 6.07) is 9.79. The number of amides is 1. The maximum atomic E-state index is 12.4. The number of rotatable bonds is 7. The second-order valence-electron chi connectivity index (χ2n) is 5.78. The predicted octanol–water partition coefficient (Wildman–Crippen LogP) is 2.66. The third kappa shape index (κ3) is 5.17. The highest BCUT2D eigenvalue weighted by molar-refractivity contribution is 7.98. The summed E-state index contributed by atoms with van der Waals surface area (Å²) >= 11 is 1.57. The molecule has 2 atom stereocenters. The number of hydrogen-bond acceptors (Lipinski definition) is 3. The van der Waals surface area contributed by atoms with E-state index in [4.69, 9.17) is 0 Å². The van der Waals surface area contributed by atoms with E-state index in [2.05, 4.69) is 5.32 Å². The van der Waals surface area contributed by atoms with Crippen molar-refractivity contribution in [3.8, 4) is 0 Å². The van der Waals surface area contributed by atoms with Crippen molar-refractivity contribution in [2.45, 2.75) is 32.3 Å². The lowest BCUT2D eigenvalue weighted by atomic mass is 9.87. The average molecular weight is 295 g/mol. The van der Waals surface area contributed by atoms with Gasteiger partial charge in [0, 0.05) is 12.3 Å². The molecule has 3 nitrogen and oxygen atoms in total. The van der Waals surface area contributed by atoms with Gasteiger partial charge in [-0.25, -0.2) is 0 Å². The second-order valence-corrected chi connectivity index (χ2v) is 6.65. The monoisotopic (exact) mass is 295 g/mol. The number of aliphatic hydroxyl groups is 1. The number of hydrogen-bond donors (Lipinski definition) is 2. The van der Waals surface area contributed by atoms with E-state index in [1.54, 1.807) is 18.7 Å². The van der Waals surface area contributed by atoms with Gasteiger partial charge in [-0.05, 0) is 24.7 Å². The Morgan fingerprint density at radius 2 is 1.95 bits per heavy atom. The Hall–Kier alpha value is -1.00. The second kappa shape index (κ2) is 7.70. The van der Waals surface area contributed by atoms with Gasteiger partial charge >= 0.3 is 0 Å². The molecule has 112 valence electrons. The van der Waals surface area contributed by atoms with Crippen LogP contribution in [0.3, 0.4) is 0 Å². The van der Waals surface area contributed by atoms with Crippen LogP contribution in [0.4, 0.5) is 0 Å². The molecule has 0 saturated carbocycles. The van der Waals surface area contributed by atoms with Crippen LogP contribution in [-0.4, -0.2) is 35.2 Å². The third-order valence-electron chi connectivity index (χ3n) is 3.21. The Morgan fingerprint density at radius 1 is 1.35 bits per heavy atom. The summed E-state index contributed by atoms with van der Waals surface area (Å²) in [4.78, 5) is 12.4. The zero-order valence-corrected chi connectivity index (χ0v) is 13.5. The number of nitrogens with one attached hydrogen (secondary N) is 1. The summed E-state index contributed by atoms with van der Waals surface area (Å²) in [5.74, 6) is 0.613. The minimum atomic E-state index is -0.868. The molecule has 0 spiro atoms. The molecule has 0 aromatic heterocycles. The summed E-state index contributed by atoms with van der Waals surface area (Å²) in [6.07, 6.45) is 1.94. The quantitative estimate of drug-likeness (QED) is 0.813. The normalized spacial score (nSPS) is 15.7. The molecule has 1 rings (SSSR count). The molecular formula is C16H25NO2S. The SMILES string of the molecule is CSCC(C)(O)CNC(=O)C(c1ccccc1)C(C)C. The Labute approximate surface area is 126 Å². The molecule has 1 amide bonds. The van der Waals surface area contributed by atoms with Crippen LogP contribution in [0.1, 0.15) is 32.3 Å². The van der Waals surface area contributed by atoms with Crippen molar-refractivity contribution in [1.82, 2.24) is 5.32 Å². The Morgan fingerprint density at radius 3 is 2.45 bits per heavy atom. The van der Waals surface area contributed by atoms with E-state index in [1.807, 2.05) is 50.4 Å². The molecule has 1 aromatic rings. The largest absolute Gasteiger partial charge is 0.387 e. The van der Waals surface area contributed by atoms with Crippen LogP contribution >= 0.6 is 11.8 Å². The standard InChI is InChI=1S/C16H25NO2S/c1-12(2)14(13-8-6-5-7-9-13)15(18)17-10-16(3,19)11-20-4/h5-9,12,14,19H,10-11H2,1-4H3,(H,17,18). The minimum Gasteiger partial charge on any atom is -0.387 e. The zero-order chi connectivity index (χ0) is 15.2. The van der Waals surface area contributed by atoms with Gasteiger partial charge in [0.1, 0.15) is 0 Å². The van der Waals surface area contributed by atoms with Crippen LogP contribution in [0, 0.1) is 5.92 Å². The van der Waals surface area contributed by atoms with Crippen molar-refractivity contribution >= 4 is 17.7 Å². The van der Waals surface area contributed by atoms with E-state index in [-0.39, 0.29) is 24.3 Å². The zero-order valence-electron chi connectivity index (χ0n) is 12.7. The lowest BCUT2D eigenvalue weighted by Gasteiger charge is -2.26. The maximum absolute atomic E-state index is 12.4. The molecule has 0 aliphatic carbocycles. The lowest BCUT2D eigenvalue weighted by molar-refractivity contribution is -0.124. The maximum Gasteiger partial charge on any atom is 0.227 e. The van der Waals surface area contributed by atoms with Gasteiger partial charge in [0.15, 0.2) is 0 Å². The molecular weight excluding hydrogens is 270 g/mol. The van der Waals surface area contributed by atoms with Crippen LogP contribution < -0.4 is 5.32 Å². The molecule has 2 unspecified atom stereocenters. The van der Waals surface area contributed by atoms with Gasteiger partial charge in [-0.1, -0.05) is 44.2 Å². The molecule has 0 aliphatic heterocycles. The van der Waals surface area contributed by atoms with E-state index < -0.39 is 5.60 Å². The molecule has 20 heavy (non-hydrogen) atoms. The fourth-order valence-electron chi connectivity index (χ4n) is 2.25. The van der Waals surface area contributed by atoms with Crippen LogP contribution in [0.2, 0.25) is 0 Å². The third-order valence-corrected chi connectivity index (χ3v) is 4.12. The van der Waals surface area contributed by atoms with Crippen molar-refractivity contribution in [3.05, 3.63) is 35.9 Å². The highest BCUT2D eigenvalue weighted by Gasteiger charge is 2.26. The predicted molar refractivity (Wildman–Crippen MR) is 86.0 cm³/mol. The van der Waals surface area contributed by atoms with Crippen LogP contribution in [0.5, 0.6) is 0 Å². The highest BCUT2D eigenvalue weighted by Crippen LogP contribution is 2.24. The van der Waals surface area contributed by atoms with Gasteiger partial charge < -0.3 is 10.4 Å². The molecule has 0 fully saturated rings. The van der Waals surface area contributed by atoms with Crippen LogP contribution in [0.25, 0.3) is 0 Å². The average Bonchev–Trinajstić information content (AvgIpc) is 2.37. The summed E-state index contributed by atoms with van der Waals surface area (Å²) in [5, 5.41) is 13.0. The van der Waals surface area contributed by atoms with Crippen molar-refractivity contribution in [2.24, 2.45) is 5.92 Å². The molecule has 0 saturated heterocycles. The lowest BCUT2D eigenvalue weighted by Crippen LogP contribution is -2.44. The van der Waals surface area contributed by atoms with Gasteiger partial charge in [-0.3, -0.25) is 4.79 Å². The molecule has 0 bridgehead atoms. The number of thioether (sulfide) groups is 1. The van der Waals surface area contributed by atoms with E-state index in [1.165, 1.54) is 0 Å². The highest BCUT2D eigenvalue weighted by atomic mass is 32.2. The molecule has 1 aromatic carbocycles. The van der Waals surface area contributed by atoms with E-state index in [0.29, 0.717) is 5.75 Å². The Kier molecular flexibility index (Phi) is 6.56. The van der Waals surface area contributed by atoms with Crippen molar-refractivity contribution in [1.29, 1.82) is 0 Å². The number of carbonyl (C=O) groups is 1. The molecule has 0 radical (unpaired) electrons. The fourth-order valence-corrected chi connectivity index (χ4v) is 2.97. The molecule has 0 aliphatic rings. The van der Waals surface area contributed by atoms with Gasteiger partial charge in [-0.15, -0.1) is 0 Å².